The third-order valence-corrected chi connectivity index (χ3v) is 5.83. The molecule has 0 unspecified atom stereocenters. The van der Waals surface area contributed by atoms with Gasteiger partial charge in [0.05, 0.1) is 5.75 Å². The first-order valence-corrected chi connectivity index (χ1v) is 11.5. The molecule has 0 bridgehead atoms. The Morgan fingerprint density at radius 1 is 0.966 bits per heavy atom. The smallest absolute Gasteiger partial charge is 0.255 e. The van der Waals surface area contributed by atoms with Gasteiger partial charge in [0.2, 0.25) is 0 Å². The van der Waals surface area contributed by atoms with Crippen LogP contribution in [0.5, 0.6) is 0 Å². The van der Waals surface area contributed by atoms with E-state index in [-0.39, 0.29) is 11.7 Å². The molecule has 0 aliphatic carbocycles. The summed E-state index contributed by atoms with van der Waals surface area (Å²) in [5.74, 6) is -0.258. The van der Waals surface area contributed by atoms with Crippen LogP contribution in [-0.2, 0) is 22.0 Å². The summed E-state index contributed by atoms with van der Waals surface area (Å²) in [5, 5.41) is 2.89. The minimum Gasteiger partial charge on any atom is -0.341 e. The summed E-state index contributed by atoms with van der Waals surface area (Å²) in [6.07, 6.45) is 2.22. The van der Waals surface area contributed by atoms with E-state index >= 15 is 0 Å². The van der Waals surface area contributed by atoms with Crippen LogP contribution in [0.4, 0.5) is 17.1 Å². The van der Waals surface area contributed by atoms with Gasteiger partial charge in [0, 0.05) is 35.4 Å². The Morgan fingerprint density at radius 3 is 2.34 bits per heavy atom. The molecule has 148 valence electrons. The van der Waals surface area contributed by atoms with Crippen molar-refractivity contribution in [1.29, 1.82) is 0 Å². The number of hydrogen-bond donors (Lipinski definition) is 1. The maximum Gasteiger partial charge on any atom is 0.255 e. The first kappa shape index (κ1) is 19.2. The topological polar surface area (TPSA) is 66.5 Å². The van der Waals surface area contributed by atoms with Crippen LogP contribution >= 0.6 is 0 Å². The van der Waals surface area contributed by atoms with E-state index in [0.717, 1.165) is 18.7 Å². The molecular formula is C23H22N2O3S. The fourth-order valence-electron chi connectivity index (χ4n) is 3.59. The lowest BCUT2D eigenvalue weighted by atomic mass is 10.1. The number of anilines is 3. The van der Waals surface area contributed by atoms with Crippen molar-refractivity contribution in [3.8, 4) is 0 Å². The van der Waals surface area contributed by atoms with Gasteiger partial charge < -0.3 is 10.2 Å². The molecular weight excluding hydrogens is 384 g/mol. The number of carbonyl (C=O) groups excluding carboxylic acids is 1. The number of para-hydroxylation sites is 1. The van der Waals surface area contributed by atoms with Crippen molar-refractivity contribution in [2.24, 2.45) is 0 Å². The Morgan fingerprint density at radius 2 is 1.66 bits per heavy atom. The number of hydrogen-bond acceptors (Lipinski definition) is 4. The molecule has 3 aromatic rings. The highest BCUT2D eigenvalue weighted by molar-refractivity contribution is 7.89. The zero-order valence-corrected chi connectivity index (χ0v) is 16.9. The fraction of sp³-hybridized carbons (Fsp3) is 0.174. The van der Waals surface area contributed by atoms with Crippen molar-refractivity contribution < 1.29 is 13.2 Å². The van der Waals surface area contributed by atoms with Gasteiger partial charge in [-0.2, -0.15) is 0 Å². The Kier molecular flexibility index (Phi) is 5.11. The number of benzene rings is 3. The number of rotatable bonds is 5. The SMILES string of the molecule is CS(=O)(=O)Cc1ccc(C(=O)Nc2ccc(N3CCc4ccccc43)cc2)cc1. The summed E-state index contributed by atoms with van der Waals surface area (Å²) in [6, 6.07) is 22.8. The second kappa shape index (κ2) is 7.72. The van der Waals surface area contributed by atoms with Gasteiger partial charge in [-0.1, -0.05) is 30.3 Å². The average molecular weight is 407 g/mol. The largest absolute Gasteiger partial charge is 0.341 e. The van der Waals surface area contributed by atoms with Gasteiger partial charge in [-0.25, -0.2) is 8.42 Å². The summed E-state index contributed by atoms with van der Waals surface area (Å²) in [6.45, 7) is 0.949. The maximum atomic E-state index is 12.5. The molecule has 3 aromatic carbocycles. The second-order valence-corrected chi connectivity index (χ2v) is 9.44. The number of sulfone groups is 1. The van der Waals surface area contributed by atoms with Crippen molar-refractivity contribution in [2.45, 2.75) is 12.2 Å². The minimum atomic E-state index is -3.09. The Bertz CT molecular complexity index is 1140. The minimum absolute atomic E-state index is 0.0318. The molecule has 0 radical (unpaired) electrons. The third kappa shape index (κ3) is 4.49. The third-order valence-electron chi connectivity index (χ3n) is 4.97. The number of nitrogens with zero attached hydrogens (tertiary/aromatic N) is 1. The molecule has 0 spiro atoms. The lowest BCUT2D eigenvalue weighted by Gasteiger charge is -2.20. The van der Waals surface area contributed by atoms with Crippen molar-refractivity contribution in [3.05, 3.63) is 89.5 Å². The van der Waals surface area contributed by atoms with Crippen molar-refractivity contribution in [1.82, 2.24) is 0 Å². The monoisotopic (exact) mass is 406 g/mol. The molecule has 0 atom stereocenters. The molecule has 4 rings (SSSR count). The highest BCUT2D eigenvalue weighted by atomic mass is 32.2. The van der Waals surface area contributed by atoms with E-state index < -0.39 is 9.84 Å². The van der Waals surface area contributed by atoms with Crippen LogP contribution in [0, 0.1) is 0 Å². The predicted molar refractivity (Wildman–Crippen MR) is 117 cm³/mol. The Balaban J connectivity index is 1.43. The van der Waals surface area contributed by atoms with Gasteiger partial charge in [0.25, 0.3) is 5.91 Å². The van der Waals surface area contributed by atoms with Crippen molar-refractivity contribution in [3.63, 3.8) is 0 Å². The van der Waals surface area contributed by atoms with E-state index in [1.165, 1.54) is 17.5 Å². The van der Waals surface area contributed by atoms with Gasteiger partial charge in [-0.3, -0.25) is 4.79 Å². The van der Waals surface area contributed by atoms with E-state index in [9.17, 15) is 13.2 Å². The zero-order chi connectivity index (χ0) is 20.4. The molecule has 1 N–H and O–H groups in total. The van der Waals surface area contributed by atoms with Crippen LogP contribution in [0.25, 0.3) is 0 Å². The zero-order valence-electron chi connectivity index (χ0n) is 16.1. The van der Waals surface area contributed by atoms with Crippen LogP contribution in [-0.4, -0.2) is 27.1 Å². The fourth-order valence-corrected chi connectivity index (χ4v) is 4.39. The Hall–Kier alpha value is -3.12. The van der Waals surface area contributed by atoms with Crippen LogP contribution < -0.4 is 10.2 Å². The highest BCUT2D eigenvalue weighted by Gasteiger charge is 2.19. The van der Waals surface area contributed by atoms with E-state index in [1.807, 2.05) is 30.3 Å². The van der Waals surface area contributed by atoms with Crippen LogP contribution in [0.1, 0.15) is 21.5 Å². The van der Waals surface area contributed by atoms with Gasteiger partial charge in [0.15, 0.2) is 9.84 Å². The van der Waals surface area contributed by atoms with E-state index in [0.29, 0.717) is 16.8 Å². The molecule has 5 nitrogen and oxygen atoms in total. The molecule has 0 saturated carbocycles. The lowest BCUT2D eigenvalue weighted by molar-refractivity contribution is 0.102. The summed E-state index contributed by atoms with van der Waals surface area (Å²) in [4.78, 5) is 14.8. The van der Waals surface area contributed by atoms with Crippen LogP contribution in [0.2, 0.25) is 0 Å². The van der Waals surface area contributed by atoms with Crippen molar-refractivity contribution in [2.75, 3.05) is 23.0 Å². The quantitative estimate of drug-likeness (QED) is 0.690. The van der Waals surface area contributed by atoms with Gasteiger partial charge in [0.1, 0.15) is 0 Å². The Labute approximate surface area is 170 Å². The van der Waals surface area contributed by atoms with E-state index in [2.05, 4.69) is 28.4 Å². The number of carbonyl (C=O) groups is 1. The van der Waals surface area contributed by atoms with E-state index in [1.54, 1.807) is 24.3 Å². The average Bonchev–Trinajstić information content (AvgIpc) is 3.12. The normalized spacial score (nSPS) is 13.2. The molecule has 1 amide bonds. The maximum absolute atomic E-state index is 12.5. The van der Waals surface area contributed by atoms with Crippen LogP contribution in [0.15, 0.2) is 72.8 Å². The summed E-state index contributed by atoms with van der Waals surface area (Å²) >= 11 is 0. The van der Waals surface area contributed by atoms with E-state index in [4.69, 9.17) is 0 Å². The number of fused-ring (bicyclic) bond motifs is 1. The molecule has 6 heteroatoms. The molecule has 0 fully saturated rings. The highest BCUT2D eigenvalue weighted by Crippen LogP contribution is 2.34. The van der Waals surface area contributed by atoms with Crippen LogP contribution in [0.3, 0.4) is 0 Å². The summed E-state index contributed by atoms with van der Waals surface area (Å²) < 4.78 is 22.7. The number of nitrogens with one attached hydrogen (secondary N) is 1. The molecule has 0 aromatic heterocycles. The lowest BCUT2D eigenvalue weighted by Crippen LogP contribution is -2.14. The molecule has 0 saturated heterocycles. The molecule has 1 heterocycles. The number of amides is 1. The summed E-state index contributed by atoms with van der Waals surface area (Å²) in [5.41, 5.74) is 5.55. The predicted octanol–water partition coefficient (Wildman–Crippen LogP) is 4.18. The van der Waals surface area contributed by atoms with Crippen molar-refractivity contribution >= 4 is 32.8 Å². The van der Waals surface area contributed by atoms with Gasteiger partial charge >= 0.3 is 0 Å². The first-order valence-electron chi connectivity index (χ1n) is 9.43. The molecule has 29 heavy (non-hydrogen) atoms. The standard InChI is InChI=1S/C23H22N2O3S/c1-29(27,28)16-17-6-8-19(9-7-17)23(26)24-20-10-12-21(13-11-20)25-15-14-18-4-2-3-5-22(18)25/h2-13H,14-16H2,1H3,(H,24,26). The second-order valence-electron chi connectivity index (χ2n) is 7.30. The molecule has 1 aliphatic heterocycles. The molecule has 1 aliphatic rings. The summed E-state index contributed by atoms with van der Waals surface area (Å²) in [7, 11) is -3.09. The van der Waals surface area contributed by atoms with Gasteiger partial charge in [-0.05, 0) is 60.0 Å². The van der Waals surface area contributed by atoms with Gasteiger partial charge in [-0.15, -0.1) is 0 Å². The first-order chi connectivity index (χ1) is 13.9.